The van der Waals surface area contributed by atoms with Crippen LogP contribution in [0.4, 0.5) is 0 Å². The fourth-order valence-electron chi connectivity index (χ4n) is 1.93. The molecule has 2 heterocycles. The molecule has 0 aliphatic heterocycles. The number of aryl methyl sites for hydroxylation is 2. The summed E-state index contributed by atoms with van der Waals surface area (Å²) >= 11 is 0. The highest BCUT2D eigenvalue weighted by atomic mass is 32.2. The number of rotatable bonds is 6. The minimum atomic E-state index is -3.63. The van der Waals surface area contributed by atoms with E-state index in [0.717, 1.165) is 18.5 Å². The van der Waals surface area contributed by atoms with Gasteiger partial charge in [-0.05, 0) is 20.3 Å². The number of hydrogen-bond acceptors (Lipinski definition) is 4. The van der Waals surface area contributed by atoms with Gasteiger partial charge in [-0.1, -0.05) is 6.92 Å². The Labute approximate surface area is 118 Å². The van der Waals surface area contributed by atoms with Crippen LogP contribution < -0.4 is 4.72 Å². The van der Waals surface area contributed by atoms with E-state index in [-0.39, 0.29) is 11.1 Å². The van der Waals surface area contributed by atoms with Crippen LogP contribution in [0.15, 0.2) is 23.6 Å². The average molecular weight is 297 g/mol. The van der Waals surface area contributed by atoms with Crippen molar-refractivity contribution in [3.05, 3.63) is 30.0 Å². The molecule has 110 valence electrons. The highest BCUT2D eigenvalue weighted by molar-refractivity contribution is 7.89. The summed E-state index contributed by atoms with van der Waals surface area (Å²) in [6.45, 7) is 6.35. The third-order valence-electron chi connectivity index (χ3n) is 3.05. The van der Waals surface area contributed by atoms with E-state index < -0.39 is 10.0 Å². The molecular weight excluding hydrogens is 278 g/mol. The summed E-state index contributed by atoms with van der Waals surface area (Å²) in [6, 6.07) is -0.365. The van der Waals surface area contributed by atoms with E-state index in [4.69, 9.17) is 0 Å². The summed E-state index contributed by atoms with van der Waals surface area (Å²) in [4.78, 5) is 4.12. The van der Waals surface area contributed by atoms with Crippen molar-refractivity contribution in [3.8, 4) is 0 Å². The second kappa shape index (κ2) is 5.76. The van der Waals surface area contributed by atoms with Crippen molar-refractivity contribution in [2.45, 2.75) is 44.8 Å². The van der Waals surface area contributed by atoms with Crippen molar-refractivity contribution in [2.75, 3.05) is 0 Å². The molecule has 2 aromatic heterocycles. The van der Waals surface area contributed by atoms with Gasteiger partial charge >= 0.3 is 0 Å². The molecule has 0 bridgehead atoms. The van der Waals surface area contributed by atoms with Crippen LogP contribution in [-0.2, 0) is 16.6 Å². The highest BCUT2D eigenvalue weighted by Gasteiger charge is 2.22. The van der Waals surface area contributed by atoms with Crippen molar-refractivity contribution >= 4 is 10.0 Å². The van der Waals surface area contributed by atoms with Crippen molar-refractivity contribution in [1.29, 1.82) is 0 Å². The van der Waals surface area contributed by atoms with Crippen LogP contribution in [0.2, 0.25) is 0 Å². The quantitative estimate of drug-likeness (QED) is 0.842. The molecule has 1 atom stereocenters. The van der Waals surface area contributed by atoms with Gasteiger partial charge in [0.15, 0.2) is 5.03 Å². The molecule has 2 aromatic rings. The number of hydrogen-bond donors (Lipinski definition) is 2. The molecule has 20 heavy (non-hydrogen) atoms. The van der Waals surface area contributed by atoms with Gasteiger partial charge in [-0.3, -0.25) is 5.10 Å². The second-order valence-electron chi connectivity index (χ2n) is 4.69. The predicted molar refractivity (Wildman–Crippen MR) is 74.6 cm³/mol. The maximum atomic E-state index is 12.3. The van der Waals surface area contributed by atoms with Gasteiger partial charge in [0.1, 0.15) is 5.82 Å². The molecule has 2 rings (SSSR count). The largest absolute Gasteiger partial charge is 0.334 e. The molecule has 7 nitrogen and oxygen atoms in total. The summed E-state index contributed by atoms with van der Waals surface area (Å²) in [5.74, 6) is 0.697. The van der Waals surface area contributed by atoms with Gasteiger partial charge in [0.05, 0.1) is 6.20 Å². The first-order chi connectivity index (χ1) is 9.44. The minimum Gasteiger partial charge on any atom is -0.334 e. The van der Waals surface area contributed by atoms with Gasteiger partial charge in [0, 0.05) is 30.5 Å². The monoisotopic (exact) mass is 297 g/mol. The lowest BCUT2D eigenvalue weighted by atomic mass is 10.2. The molecule has 0 saturated carbocycles. The predicted octanol–water partition coefficient (Wildman–Crippen LogP) is 1.36. The van der Waals surface area contributed by atoms with Crippen molar-refractivity contribution < 1.29 is 8.42 Å². The lowest BCUT2D eigenvalue weighted by molar-refractivity contribution is 0.563. The zero-order valence-corrected chi connectivity index (χ0v) is 12.6. The first-order valence-corrected chi connectivity index (χ1v) is 7.97. The number of nitrogens with zero attached hydrogens (tertiary/aromatic N) is 3. The minimum absolute atomic E-state index is 0.0544. The molecule has 0 aliphatic rings. The van der Waals surface area contributed by atoms with E-state index in [9.17, 15) is 8.42 Å². The summed E-state index contributed by atoms with van der Waals surface area (Å²) in [5.41, 5.74) is 0.776. The lowest BCUT2D eigenvalue weighted by Crippen LogP contribution is -2.27. The fraction of sp³-hybridized carbons (Fsp3) is 0.500. The van der Waals surface area contributed by atoms with Crippen LogP contribution in [-0.4, -0.2) is 28.2 Å². The summed E-state index contributed by atoms with van der Waals surface area (Å²) in [5, 5.41) is 6.53. The van der Waals surface area contributed by atoms with E-state index in [1.54, 1.807) is 32.4 Å². The second-order valence-corrected chi connectivity index (χ2v) is 6.36. The maximum Gasteiger partial charge on any atom is 0.260 e. The van der Waals surface area contributed by atoms with Crippen molar-refractivity contribution in [3.63, 3.8) is 0 Å². The summed E-state index contributed by atoms with van der Waals surface area (Å²) in [6.07, 6.45) is 5.75. The van der Waals surface area contributed by atoms with Crippen LogP contribution >= 0.6 is 0 Å². The Bertz CT molecular complexity index is 660. The van der Waals surface area contributed by atoms with Crippen LogP contribution in [0.3, 0.4) is 0 Å². The first kappa shape index (κ1) is 14.7. The van der Waals surface area contributed by atoms with Gasteiger partial charge in [-0.25, -0.2) is 18.1 Å². The van der Waals surface area contributed by atoms with Crippen LogP contribution in [0.25, 0.3) is 0 Å². The Morgan fingerprint density at radius 2 is 2.25 bits per heavy atom. The molecule has 1 unspecified atom stereocenters. The number of nitrogens with one attached hydrogen (secondary N) is 2. The molecule has 0 aliphatic carbocycles. The third-order valence-corrected chi connectivity index (χ3v) is 4.46. The normalized spacial score (nSPS) is 13.6. The molecule has 0 radical (unpaired) electrons. The first-order valence-electron chi connectivity index (χ1n) is 6.49. The van der Waals surface area contributed by atoms with Gasteiger partial charge in [-0.15, -0.1) is 0 Å². The van der Waals surface area contributed by atoms with Crippen LogP contribution in [0, 0.1) is 6.92 Å². The molecule has 0 saturated heterocycles. The number of H-pyrrole nitrogens is 1. The number of imidazole rings is 1. The maximum absolute atomic E-state index is 12.3. The van der Waals surface area contributed by atoms with Crippen LogP contribution in [0.1, 0.15) is 37.7 Å². The highest BCUT2D eigenvalue weighted by Crippen LogP contribution is 2.15. The molecule has 0 fully saturated rings. The van der Waals surface area contributed by atoms with Gasteiger partial charge in [0.2, 0.25) is 0 Å². The lowest BCUT2D eigenvalue weighted by Gasteiger charge is -2.10. The smallest absolute Gasteiger partial charge is 0.260 e. The van der Waals surface area contributed by atoms with Crippen molar-refractivity contribution in [1.82, 2.24) is 24.5 Å². The van der Waals surface area contributed by atoms with Gasteiger partial charge in [0.25, 0.3) is 10.0 Å². The third kappa shape index (κ3) is 3.07. The zero-order chi connectivity index (χ0) is 14.8. The molecule has 8 heteroatoms. The molecule has 2 N–H and O–H groups in total. The Balaban J connectivity index is 2.20. The number of sulfonamides is 1. The molecular formula is C12H19N5O2S. The number of aromatic amines is 1. The SMILES string of the molecule is CCCn1cc(S(=O)(=O)NC(C)c2cn[nH]c2)nc1C. The zero-order valence-electron chi connectivity index (χ0n) is 11.8. The Morgan fingerprint density at radius 3 is 2.85 bits per heavy atom. The Hall–Kier alpha value is -1.67. The fourth-order valence-corrected chi connectivity index (χ4v) is 3.18. The van der Waals surface area contributed by atoms with E-state index >= 15 is 0 Å². The molecule has 0 spiro atoms. The summed E-state index contributed by atoms with van der Waals surface area (Å²) in [7, 11) is -3.63. The average Bonchev–Trinajstić information content (AvgIpc) is 3.00. The summed E-state index contributed by atoms with van der Waals surface area (Å²) < 4.78 is 29.0. The van der Waals surface area contributed by atoms with Gasteiger partial charge in [-0.2, -0.15) is 5.10 Å². The van der Waals surface area contributed by atoms with E-state index in [2.05, 4.69) is 19.9 Å². The van der Waals surface area contributed by atoms with Crippen LogP contribution in [0.5, 0.6) is 0 Å². The Kier molecular flexibility index (Phi) is 4.24. The number of aromatic nitrogens is 4. The Morgan fingerprint density at radius 1 is 1.50 bits per heavy atom. The van der Waals surface area contributed by atoms with E-state index in [0.29, 0.717) is 5.82 Å². The molecule has 0 aromatic carbocycles. The standard InChI is InChI=1S/C12H19N5O2S/c1-4-5-17-8-12(15-10(17)3)20(18,19)16-9(2)11-6-13-14-7-11/h6-9,16H,4-5H2,1-3H3,(H,13,14). The van der Waals surface area contributed by atoms with E-state index in [1.807, 2.05) is 11.5 Å². The van der Waals surface area contributed by atoms with Crippen molar-refractivity contribution in [2.24, 2.45) is 0 Å². The molecule has 0 amide bonds. The van der Waals surface area contributed by atoms with E-state index in [1.165, 1.54) is 0 Å². The topological polar surface area (TPSA) is 92.7 Å². The van der Waals surface area contributed by atoms with Gasteiger partial charge < -0.3 is 4.57 Å².